The first kappa shape index (κ1) is 29.3. The molecule has 1 aromatic heterocycles. The van der Waals surface area contributed by atoms with E-state index in [1.165, 1.54) is 25.4 Å². The first-order valence-electron chi connectivity index (χ1n) is 13.6. The molecule has 1 saturated carbocycles. The van der Waals surface area contributed by atoms with Crippen molar-refractivity contribution in [3.05, 3.63) is 34.7 Å². The number of methoxy groups -OCH3 is 1. The van der Waals surface area contributed by atoms with Crippen molar-refractivity contribution in [1.82, 2.24) is 25.2 Å². The molecule has 214 valence electrons. The van der Waals surface area contributed by atoms with Crippen molar-refractivity contribution in [2.24, 2.45) is 0 Å². The maximum absolute atomic E-state index is 15.1. The zero-order valence-corrected chi connectivity index (χ0v) is 23.9. The third-order valence-corrected chi connectivity index (χ3v) is 7.98. The number of anilines is 3. The highest BCUT2D eigenvalue weighted by molar-refractivity contribution is 6.32. The van der Waals surface area contributed by atoms with E-state index in [2.05, 4.69) is 37.7 Å². The molecule has 0 unspecified atom stereocenters. The van der Waals surface area contributed by atoms with Crippen LogP contribution in [0.1, 0.15) is 55.8 Å². The number of likely N-dealkylation sites (tertiary alicyclic amines) is 1. The number of halogens is 2. The Morgan fingerprint density at radius 3 is 2.64 bits per heavy atom. The predicted octanol–water partition coefficient (Wildman–Crippen LogP) is 4.45. The Bertz CT molecular complexity index is 1130. The minimum absolute atomic E-state index is 0.0179. The zero-order chi connectivity index (χ0) is 27.9. The lowest BCUT2D eigenvalue weighted by atomic mass is 9.90. The summed E-state index contributed by atoms with van der Waals surface area (Å²) in [6.07, 6.45) is 7.32. The third kappa shape index (κ3) is 7.27. The molecule has 39 heavy (non-hydrogen) atoms. The molecule has 2 fully saturated rings. The summed E-state index contributed by atoms with van der Waals surface area (Å²) in [6.45, 7) is 4.94. The Kier molecular flexibility index (Phi) is 10.2. The van der Waals surface area contributed by atoms with Crippen molar-refractivity contribution in [3.8, 4) is 5.75 Å². The van der Waals surface area contributed by atoms with E-state index in [9.17, 15) is 4.79 Å². The molecule has 0 radical (unpaired) electrons. The minimum atomic E-state index is -0.665. The Morgan fingerprint density at radius 2 is 1.95 bits per heavy atom. The quantitative estimate of drug-likeness (QED) is 0.362. The number of likely N-dealkylation sites (N-methyl/N-ethyl adjacent to an activating group) is 1. The molecule has 3 N–H and O–H groups in total. The van der Waals surface area contributed by atoms with E-state index in [4.69, 9.17) is 21.2 Å². The fourth-order valence-corrected chi connectivity index (χ4v) is 5.47. The van der Waals surface area contributed by atoms with Crippen LogP contribution in [-0.4, -0.2) is 84.9 Å². The smallest absolute Gasteiger partial charge is 0.254 e. The summed E-state index contributed by atoms with van der Waals surface area (Å²) in [5.74, 6) is -0.136. The number of aromatic nitrogens is 2. The highest BCUT2D eigenvalue weighted by Gasteiger charge is 2.30. The molecule has 1 amide bonds. The summed E-state index contributed by atoms with van der Waals surface area (Å²) in [7, 11) is 5.04. The molecule has 10 nitrogen and oxygen atoms in total. The largest absolute Gasteiger partial charge is 0.495 e. The average Bonchev–Trinajstić information content (AvgIpc) is 2.95. The number of amides is 1. The Labute approximate surface area is 234 Å². The van der Waals surface area contributed by atoms with Gasteiger partial charge in [-0.05, 0) is 38.3 Å². The monoisotopic (exact) mass is 563 g/mol. The van der Waals surface area contributed by atoms with Crippen LogP contribution in [-0.2, 0) is 4.84 Å². The van der Waals surface area contributed by atoms with Crippen molar-refractivity contribution in [2.45, 2.75) is 63.6 Å². The van der Waals surface area contributed by atoms with Crippen molar-refractivity contribution < 1.29 is 18.8 Å². The number of hydrogen-bond donors (Lipinski definition) is 3. The summed E-state index contributed by atoms with van der Waals surface area (Å²) >= 11 is 6.42. The molecule has 1 aromatic carbocycles. The van der Waals surface area contributed by atoms with E-state index >= 15 is 4.39 Å². The molecule has 2 atom stereocenters. The van der Waals surface area contributed by atoms with Crippen LogP contribution in [0.25, 0.3) is 0 Å². The normalized spacial score (nSPS) is 20.6. The van der Waals surface area contributed by atoms with E-state index < -0.39 is 11.7 Å². The van der Waals surface area contributed by atoms with Gasteiger partial charge in [0.25, 0.3) is 5.91 Å². The fourth-order valence-electron chi connectivity index (χ4n) is 5.33. The van der Waals surface area contributed by atoms with Gasteiger partial charge >= 0.3 is 0 Å². The summed E-state index contributed by atoms with van der Waals surface area (Å²) in [6, 6.07) is 2.89. The van der Waals surface area contributed by atoms with E-state index in [-0.39, 0.29) is 29.6 Å². The second-order valence-corrected chi connectivity index (χ2v) is 10.5. The van der Waals surface area contributed by atoms with Crippen LogP contribution in [0, 0.1) is 5.82 Å². The van der Waals surface area contributed by atoms with Gasteiger partial charge in [-0.1, -0.05) is 31.4 Å². The third-order valence-electron chi connectivity index (χ3n) is 7.70. The van der Waals surface area contributed by atoms with E-state index in [1.54, 1.807) is 7.11 Å². The molecule has 1 saturated heterocycles. The molecule has 2 heterocycles. The second kappa shape index (κ2) is 13.6. The van der Waals surface area contributed by atoms with Crippen molar-refractivity contribution >= 4 is 35.0 Å². The van der Waals surface area contributed by atoms with Gasteiger partial charge in [-0.2, -0.15) is 10.0 Å². The van der Waals surface area contributed by atoms with E-state index in [0.717, 1.165) is 58.2 Å². The summed E-state index contributed by atoms with van der Waals surface area (Å²) in [4.78, 5) is 29.5. The average molecular weight is 564 g/mol. The van der Waals surface area contributed by atoms with E-state index in [0.29, 0.717) is 22.3 Å². The SMILES string of the molecule is CCN1CCC(NC(=O)c2cc(OC)c(Nc3ncc(Cl)c(N[C@@H]4CCCC[C@H]4N(C)OC)n3)cc2F)CC1. The van der Waals surface area contributed by atoms with Gasteiger partial charge in [-0.15, -0.1) is 0 Å². The van der Waals surface area contributed by atoms with Gasteiger partial charge in [-0.25, -0.2) is 9.37 Å². The van der Waals surface area contributed by atoms with Gasteiger partial charge in [0, 0.05) is 38.3 Å². The standard InChI is InChI=1S/C27H39ClFN7O3/c1-5-36-12-10-17(11-13-36)31-26(37)18-14-24(38-3)22(15-20(18)29)33-27-30-16-19(28)25(34-27)32-21-8-6-7-9-23(21)35(2)39-4/h14-17,21,23H,5-13H2,1-4H3,(H,31,37)(H2,30,32,33,34)/t21-,23-/m1/s1. The molecule has 1 aliphatic heterocycles. The van der Waals surface area contributed by atoms with Gasteiger partial charge in [0.05, 0.1) is 37.7 Å². The number of rotatable bonds is 10. The van der Waals surface area contributed by atoms with Crippen LogP contribution in [0.3, 0.4) is 0 Å². The Morgan fingerprint density at radius 1 is 1.21 bits per heavy atom. The lowest BCUT2D eigenvalue weighted by Crippen LogP contribution is -2.46. The lowest BCUT2D eigenvalue weighted by Gasteiger charge is -2.37. The highest BCUT2D eigenvalue weighted by Crippen LogP contribution is 2.32. The van der Waals surface area contributed by atoms with Gasteiger partial charge < -0.3 is 30.4 Å². The predicted molar refractivity (Wildman–Crippen MR) is 150 cm³/mol. The number of benzene rings is 1. The number of carbonyl (C=O) groups is 1. The molecule has 2 aliphatic rings. The maximum atomic E-state index is 15.1. The number of nitrogens with zero attached hydrogens (tertiary/aromatic N) is 4. The Hall–Kier alpha value is -2.73. The van der Waals surface area contributed by atoms with Crippen LogP contribution in [0.15, 0.2) is 18.3 Å². The van der Waals surface area contributed by atoms with E-state index in [1.807, 2.05) is 12.1 Å². The first-order chi connectivity index (χ1) is 18.8. The number of hydrogen-bond acceptors (Lipinski definition) is 9. The van der Waals surface area contributed by atoms with Gasteiger partial charge in [-0.3, -0.25) is 4.79 Å². The van der Waals surface area contributed by atoms with Crippen molar-refractivity contribution in [2.75, 3.05) is 51.5 Å². The molecule has 0 bridgehead atoms. The van der Waals surface area contributed by atoms with Crippen LogP contribution in [0.2, 0.25) is 5.02 Å². The Balaban J connectivity index is 1.48. The maximum Gasteiger partial charge on any atom is 0.254 e. The molecular formula is C27H39ClFN7O3. The van der Waals surface area contributed by atoms with Crippen LogP contribution < -0.4 is 20.7 Å². The topological polar surface area (TPSA) is 104 Å². The summed E-state index contributed by atoms with van der Waals surface area (Å²) in [5.41, 5.74) is 0.228. The van der Waals surface area contributed by atoms with Crippen molar-refractivity contribution in [1.29, 1.82) is 0 Å². The highest BCUT2D eigenvalue weighted by atomic mass is 35.5. The molecular weight excluding hydrogens is 525 g/mol. The van der Waals surface area contributed by atoms with Gasteiger partial charge in [0.1, 0.15) is 16.6 Å². The van der Waals surface area contributed by atoms with Gasteiger partial charge in [0.2, 0.25) is 5.95 Å². The van der Waals surface area contributed by atoms with Gasteiger partial charge in [0.15, 0.2) is 5.82 Å². The number of nitrogens with one attached hydrogen (secondary N) is 3. The molecule has 12 heteroatoms. The number of carbonyl (C=O) groups excluding carboxylic acids is 1. The molecule has 1 aliphatic carbocycles. The minimum Gasteiger partial charge on any atom is -0.495 e. The summed E-state index contributed by atoms with van der Waals surface area (Å²) < 4.78 is 20.6. The van der Waals surface area contributed by atoms with Crippen LogP contribution in [0.5, 0.6) is 5.75 Å². The molecule has 2 aromatic rings. The second-order valence-electron chi connectivity index (χ2n) is 10.1. The number of piperidine rings is 1. The summed E-state index contributed by atoms with van der Waals surface area (Å²) in [5, 5.41) is 11.7. The molecule has 0 spiro atoms. The van der Waals surface area contributed by atoms with Crippen LogP contribution >= 0.6 is 11.6 Å². The number of hydroxylamine groups is 2. The number of ether oxygens (including phenoxy) is 1. The fraction of sp³-hybridized carbons (Fsp3) is 0.593. The molecule has 4 rings (SSSR count). The van der Waals surface area contributed by atoms with Crippen molar-refractivity contribution in [3.63, 3.8) is 0 Å². The lowest BCUT2D eigenvalue weighted by molar-refractivity contribution is -0.149. The zero-order valence-electron chi connectivity index (χ0n) is 23.1. The van der Waals surface area contributed by atoms with Crippen LogP contribution in [0.4, 0.5) is 21.8 Å². The first-order valence-corrected chi connectivity index (χ1v) is 13.9.